The average Bonchev–Trinajstić information content (AvgIpc) is 3.16. The minimum Gasteiger partial charge on any atom is -0.342 e. The number of carbonyl (C=O) groups is 1. The van der Waals surface area contributed by atoms with Gasteiger partial charge in [0.1, 0.15) is 10.7 Å². The van der Waals surface area contributed by atoms with Gasteiger partial charge >= 0.3 is 6.18 Å². The zero-order chi connectivity index (χ0) is 20.3. The van der Waals surface area contributed by atoms with E-state index in [0.29, 0.717) is 10.6 Å². The van der Waals surface area contributed by atoms with Crippen LogP contribution in [0.15, 0.2) is 54.0 Å². The molecule has 0 spiro atoms. The maximum absolute atomic E-state index is 12.7. The third-order valence-electron chi connectivity index (χ3n) is 4.16. The standard InChI is InChI=1S/C20H18F3N3OS/c1-12(2)17(15-5-3-4-10-24-15)26-18(27)16-11-28-19(25-16)13-6-8-14(9-7-13)20(21,22)23/h3-12,17H,1-2H3,(H,26,27). The van der Waals surface area contributed by atoms with E-state index < -0.39 is 11.7 Å². The molecule has 2 aromatic heterocycles. The van der Waals surface area contributed by atoms with Gasteiger partial charge in [-0.1, -0.05) is 32.0 Å². The molecule has 0 aliphatic rings. The van der Waals surface area contributed by atoms with E-state index in [1.165, 1.54) is 23.5 Å². The third kappa shape index (κ3) is 4.56. The number of hydrogen-bond donors (Lipinski definition) is 1. The predicted molar refractivity (Wildman–Crippen MR) is 102 cm³/mol. The molecule has 1 amide bonds. The first kappa shape index (κ1) is 20.0. The second kappa shape index (κ2) is 8.10. The molecule has 1 atom stereocenters. The number of rotatable bonds is 5. The number of thiazole rings is 1. The monoisotopic (exact) mass is 405 g/mol. The van der Waals surface area contributed by atoms with Gasteiger partial charge in [-0.3, -0.25) is 9.78 Å². The van der Waals surface area contributed by atoms with Gasteiger partial charge in [0.2, 0.25) is 0 Å². The lowest BCUT2D eigenvalue weighted by Crippen LogP contribution is -2.32. The van der Waals surface area contributed by atoms with Crippen LogP contribution in [0.2, 0.25) is 0 Å². The quantitative estimate of drug-likeness (QED) is 0.622. The molecule has 1 aromatic carbocycles. The molecule has 1 N–H and O–H groups in total. The van der Waals surface area contributed by atoms with Crippen molar-refractivity contribution >= 4 is 17.2 Å². The van der Waals surface area contributed by atoms with Crippen molar-refractivity contribution in [3.63, 3.8) is 0 Å². The maximum Gasteiger partial charge on any atom is 0.416 e. The topological polar surface area (TPSA) is 54.9 Å². The summed E-state index contributed by atoms with van der Waals surface area (Å²) in [6.07, 6.45) is -2.72. The van der Waals surface area contributed by atoms with E-state index in [1.807, 2.05) is 26.0 Å². The Kier molecular flexibility index (Phi) is 5.79. The van der Waals surface area contributed by atoms with Crippen molar-refractivity contribution in [2.24, 2.45) is 5.92 Å². The number of benzene rings is 1. The molecule has 0 saturated carbocycles. The molecule has 3 aromatic rings. The van der Waals surface area contributed by atoms with Crippen LogP contribution in [-0.4, -0.2) is 15.9 Å². The summed E-state index contributed by atoms with van der Waals surface area (Å²) < 4.78 is 38.1. The van der Waals surface area contributed by atoms with E-state index in [9.17, 15) is 18.0 Å². The van der Waals surface area contributed by atoms with Crippen LogP contribution < -0.4 is 5.32 Å². The zero-order valence-corrected chi connectivity index (χ0v) is 16.0. The number of aromatic nitrogens is 2. The molecule has 2 heterocycles. The van der Waals surface area contributed by atoms with Crippen molar-refractivity contribution in [1.29, 1.82) is 0 Å². The van der Waals surface area contributed by atoms with Crippen molar-refractivity contribution in [2.75, 3.05) is 0 Å². The van der Waals surface area contributed by atoms with E-state index in [1.54, 1.807) is 17.6 Å². The van der Waals surface area contributed by atoms with E-state index >= 15 is 0 Å². The van der Waals surface area contributed by atoms with Crippen molar-refractivity contribution in [1.82, 2.24) is 15.3 Å². The summed E-state index contributed by atoms with van der Waals surface area (Å²) in [5, 5.41) is 5.02. The highest BCUT2D eigenvalue weighted by molar-refractivity contribution is 7.13. The second-order valence-electron chi connectivity index (χ2n) is 6.56. The summed E-state index contributed by atoms with van der Waals surface area (Å²) in [5.74, 6) is -0.231. The summed E-state index contributed by atoms with van der Waals surface area (Å²) in [4.78, 5) is 21.2. The first-order valence-corrected chi connectivity index (χ1v) is 9.48. The van der Waals surface area contributed by atoms with Crippen molar-refractivity contribution in [3.05, 3.63) is 71.0 Å². The smallest absolute Gasteiger partial charge is 0.342 e. The fourth-order valence-corrected chi connectivity index (χ4v) is 3.48. The molecular formula is C20H18F3N3OS. The Labute approximate surface area is 164 Å². The lowest BCUT2D eigenvalue weighted by molar-refractivity contribution is -0.137. The molecule has 0 aliphatic heterocycles. The molecule has 0 radical (unpaired) electrons. The van der Waals surface area contributed by atoms with Crippen LogP contribution in [0.4, 0.5) is 13.2 Å². The van der Waals surface area contributed by atoms with Gasteiger partial charge in [-0.25, -0.2) is 4.98 Å². The number of hydrogen-bond acceptors (Lipinski definition) is 4. The number of nitrogens with zero attached hydrogens (tertiary/aromatic N) is 2. The third-order valence-corrected chi connectivity index (χ3v) is 5.05. The highest BCUT2D eigenvalue weighted by Crippen LogP contribution is 2.32. The lowest BCUT2D eigenvalue weighted by Gasteiger charge is -2.21. The van der Waals surface area contributed by atoms with Crippen LogP contribution in [-0.2, 0) is 6.18 Å². The largest absolute Gasteiger partial charge is 0.416 e. The Bertz CT molecular complexity index is 937. The molecule has 28 heavy (non-hydrogen) atoms. The van der Waals surface area contributed by atoms with Crippen molar-refractivity contribution < 1.29 is 18.0 Å². The predicted octanol–water partition coefficient (Wildman–Crippen LogP) is 5.35. The van der Waals surface area contributed by atoms with Gasteiger partial charge < -0.3 is 5.32 Å². The van der Waals surface area contributed by atoms with Gasteiger partial charge in [0, 0.05) is 17.1 Å². The van der Waals surface area contributed by atoms with Crippen LogP contribution in [0.3, 0.4) is 0 Å². The Morgan fingerprint density at radius 1 is 1.11 bits per heavy atom. The summed E-state index contributed by atoms with van der Waals surface area (Å²) in [5.41, 5.74) is 0.786. The van der Waals surface area contributed by atoms with Gasteiger partial charge in [-0.05, 0) is 30.2 Å². The summed E-state index contributed by atoms with van der Waals surface area (Å²) in [6.45, 7) is 3.96. The Hall–Kier alpha value is -2.74. The average molecular weight is 405 g/mol. The SMILES string of the molecule is CC(C)C(NC(=O)c1csc(-c2ccc(C(F)(F)F)cc2)n1)c1ccccn1. The molecule has 0 aliphatic carbocycles. The van der Waals surface area contributed by atoms with Crippen molar-refractivity contribution in [2.45, 2.75) is 26.1 Å². The lowest BCUT2D eigenvalue weighted by atomic mass is 10.00. The van der Waals surface area contributed by atoms with Crippen LogP contribution in [0.25, 0.3) is 10.6 Å². The minimum atomic E-state index is -4.39. The normalized spacial score (nSPS) is 12.8. The number of halogens is 3. The molecule has 3 rings (SSSR count). The Balaban J connectivity index is 1.76. The first-order valence-electron chi connectivity index (χ1n) is 8.60. The number of amides is 1. The highest BCUT2D eigenvalue weighted by Gasteiger charge is 2.30. The molecule has 0 saturated heterocycles. The van der Waals surface area contributed by atoms with E-state index in [4.69, 9.17) is 0 Å². The molecule has 1 unspecified atom stereocenters. The molecule has 8 heteroatoms. The fraction of sp³-hybridized carbons (Fsp3) is 0.250. The van der Waals surface area contributed by atoms with Crippen LogP contribution in [0.5, 0.6) is 0 Å². The summed E-state index contributed by atoms with van der Waals surface area (Å²) in [7, 11) is 0. The second-order valence-corrected chi connectivity index (χ2v) is 7.42. The van der Waals surface area contributed by atoms with Crippen LogP contribution >= 0.6 is 11.3 Å². The molecule has 0 bridgehead atoms. The van der Waals surface area contributed by atoms with E-state index in [0.717, 1.165) is 17.8 Å². The summed E-state index contributed by atoms with van der Waals surface area (Å²) in [6, 6.07) is 9.96. The molecule has 146 valence electrons. The number of carbonyl (C=O) groups excluding carboxylic acids is 1. The Morgan fingerprint density at radius 2 is 1.82 bits per heavy atom. The van der Waals surface area contributed by atoms with E-state index in [2.05, 4.69) is 15.3 Å². The highest BCUT2D eigenvalue weighted by atomic mass is 32.1. The van der Waals surface area contributed by atoms with Gasteiger partial charge in [-0.2, -0.15) is 13.2 Å². The van der Waals surface area contributed by atoms with Crippen LogP contribution in [0.1, 0.15) is 41.6 Å². The van der Waals surface area contributed by atoms with Gasteiger partial charge in [0.05, 0.1) is 17.3 Å². The molecule has 0 fully saturated rings. The number of alkyl halides is 3. The molecule has 4 nitrogen and oxygen atoms in total. The van der Waals surface area contributed by atoms with Crippen LogP contribution in [0, 0.1) is 5.92 Å². The zero-order valence-electron chi connectivity index (χ0n) is 15.2. The summed E-state index contributed by atoms with van der Waals surface area (Å²) >= 11 is 1.21. The fourth-order valence-electron chi connectivity index (χ4n) is 2.67. The minimum absolute atomic E-state index is 0.117. The van der Waals surface area contributed by atoms with Gasteiger partial charge in [0.15, 0.2) is 0 Å². The first-order chi connectivity index (χ1) is 13.3. The number of pyridine rings is 1. The van der Waals surface area contributed by atoms with E-state index in [-0.39, 0.29) is 23.6 Å². The molecular weight excluding hydrogens is 387 g/mol. The Morgan fingerprint density at radius 3 is 2.39 bits per heavy atom. The van der Waals surface area contributed by atoms with Crippen molar-refractivity contribution in [3.8, 4) is 10.6 Å². The van der Waals surface area contributed by atoms with Gasteiger partial charge in [0.25, 0.3) is 5.91 Å². The maximum atomic E-state index is 12.7. The number of nitrogens with one attached hydrogen (secondary N) is 1. The van der Waals surface area contributed by atoms with Gasteiger partial charge in [-0.15, -0.1) is 11.3 Å².